The van der Waals surface area contributed by atoms with Crippen molar-refractivity contribution in [1.82, 2.24) is 0 Å². The standard InChI is InChI=1S/C16H10FN3O2/c17-12-5-6-14-13(7-12)15(19-22)16(21)20(14)9-11-4-2-1-3-10(11)8-18/h1-7,22H,9H2/b19-15-. The summed E-state index contributed by atoms with van der Waals surface area (Å²) in [6.07, 6.45) is 0. The van der Waals surface area contributed by atoms with Crippen molar-refractivity contribution in [3.63, 3.8) is 0 Å². The molecule has 108 valence electrons. The van der Waals surface area contributed by atoms with Gasteiger partial charge in [-0.15, -0.1) is 0 Å². The molecule has 0 unspecified atom stereocenters. The minimum atomic E-state index is -0.532. The van der Waals surface area contributed by atoms with Gasteiger partial charge in [-0.2, -0.15) is 5.26 Å². The fourth-order valence-corrected chi connectivity index (χ4v) is 2.48. The van der Waals surface area contributed by atoms with Crippen molar-refractivity contribution in [2.45, 2.75) is 6.54 Å². The molecule has 0 bridgehead atoms. The molecule has 2 aromatic carbocycles. The second kappa shape index (κ2) is 5.30. The van der Waals surface area contributed by atoms with Crippen LogP contribution >= 0.6 is 0 Å². The van der Waals surface area contributed by atoms with E-state index in [1.165, 1.54) is 17.0 Å². The van der Waals surface area contributed by atoms with Crippen molar-refractivity contribution in [2.75, 3.05) is 4.90 Å². The van der Waals surface area contributed by atoms with Gasteiger partial charge in [0.15, 0.2) is 5.71 Å². The number of oxime groups is 1. The Bertz CT molecular complexity index is 840. The van der Waals surface area contributed by atoms with Crippen LogP contribution < -0.4 is 4.90 Å². The normalized spacial score (nSPS) is 15.0. The minimum absolute atomic E-state index is 0.139. The van der Waals surface area contributed by atoms with Gasteiger partial charge < -0.3 is 10.1 Å². The van der Waals surface area contributed by atoms with E-state index < -0.39 is 11.7 Å². The molecule has 1 amide bonds. The molecule has 0 atom stereocenters. The Morgan fingerprint density at radius 3 is 2.77 bits per heavy atom. The van der Waals surface area contributed by atoms with Crippen LogP contribution in [0.2, 0.25) is 0 Å². The van der Waals surface area contributed by atoms with E-state index in [-0.39, 0.29) is 17.8 Å². The monoisotopic (exact) mass is 295 g/mol. The van der Waals surface area contributed by atoms with Gasteiger partial charge in [0.2, 0.25) is 0 Å². The van der Waals surface area contributed by atoms with Gasteiger partial charge >= 0.3 is 0 Å². The third kappa shape index (κ3) is 2.09. The molecule has 0 aliphatic carbocycles. The Labute approximate surface area is 125 Å². The van der Waals surface area contributed by atoms with Crippen LogP contribution in [0.1, 0.15) is 16.7 Å². The lowest BCUT2D eigenvalue weighted by Crippen LogP contribution is -2.29. The average Bonchev–Trinajstić information content (AvgIpc) is 2.79. The Morgan fingerprint density at radius 2 is 2.05 bits per heavy atom. The van der Waals surface area contributed by atoms with Crippen LogP contribution in [0.5, 0.6) is 0 Å². The fraction of sp³-hybridized carbons (Fsp3) is 0.0625. The van der Waals surface area contributed by atoms with Gasteiger partial charge in [-0.25, -0.2) is 4.39 Å². The predicted octanol–water partition coefficient (Wildman–Crippen LogP) is 2.42. The van der Waals surface area contributed by atoms with Crippen molar-refractivity contribution in [1.29, 1.82) is 5.26 Å². The molecule has 0 saturated carbocycles. The molecule has 6 heteroatoms. The minimum Gasteiger partial charge on any atom is -0.410 e. The van der Waals surface area contributed by atoms with Crippen molar-refractivity contribution in [3.8, 4) is 6.07 Å². The third-order valence-electron chi connectivity index (χ3n) is 3.52. The Hall–Kier alpha value is -3.20. The molecule has 3 rings (SSSR count). The quantitative estimate of drug-likeness (QED) is 0.682. The number of fused-ring (bicyclic) bond motifs is 1. The lowest BCUT2D eigenvalue weighted by atomic mass is 10.1. The number of rotatable bonds is 2. The molecule has 0 radical (unpaired) electrons. The van der Waals surface area contributed by atoms with Gasteiger partial charge in [-0.05, 0) is 29.8 Å². The van der Waals surface area contributed by atoms with E-state index in [1.807, 2.05) is 0 Å². The topological polar surface area (TPSA) is 76.7 Å². The average molecular weight is 295 g/mol. The molecule has 1 aliphatic heterocycles. The number of benzene rings is 2. The number of halogens is 1. The number of carbonyl (C=O) groups excluding carboxylic acids is 1. The molecule has 0 spiro atoms. The lowest BCUT2D eigenvalue weighted by molar-refractivity contribution is -0.112. The van der Waals surface area contributed by atoms with Crippen LogP contribution in [0.15, 0.2) is 47.6 Å². The van der Waals surface area contributed by atoms with Gasteiger partial charge in [-0.1, -0.05) is 23.4 Å². The fourth-order valence-electron chi connectivity index (χ4n) is 2.48. The van der Waals surface area contributed by atoms with Crippen LogP contribution in [0, 0.1) is 17.1 Å². The van der Waals surface area contributed by atoms with E-state index in [4.69, 9.17) is 10.5 Å². The highest BCUT2D eigenvalue weighted by atomic mass is 19.1. The Morgan fingerprint density at radius 1 is 1.27 bits per heavy atom. The number of hydrogen-bond acceptors (Lipinski definition) is 4. The first-order valence-corrected chi connectivity index (χ1v) is 6.47. The zero-order valence-corrected chi connectivity index (χ0v) is 11.3. The maximum Gasteiger partial charge on any atom is 0.281 e. The smallest absolute Gasteiger partial charge is 0.281 e. The summed E-state index contributed by atoms with van der Waals surface area (Å²) in [5.41, 5.74) is 1.60. The zero-order valence-electron chi connectivity index (χ0n) is 11.3. The highest BCUT2D eigenvalue weighted by Crippen LogP contribution is 2.31. The predicted molar refractivity (Wildman–Crippen MR) is 77.1 cm³/mol. The van der Waals surface area contributed by atoms with Crippen molar-refractivity contribution in [3.05, 3.63) is 65.0 Å². The van der Waals surface area contributed by atoms with Crippen molar-refractivity contribution in [2.24, 2.45) is 5.16 Å². The molecule has 1 N–H and O–H groups in total. The maximum atomic E-state index is 13.4. The Kier molecular flexibility index (Phi) is 3.31. The largest absolute Gasteiger partial charge is 0.410 e. The van der Waals surface area contributed by atoms with Crippen molar-refractivity contribution >= 4 is 17.3 Å². The molecule has 0 fully saturated rings. The summed E-state index contributed by atoms with van der Waals surface area (Å²) in [6.45, 7) is 0.139. The van der Waals surface area contributed by atoms with Crippen LogP contribution in [-0.2, 0) is 11.3 Å². The molecule has 5 nitrogen and oxygen atoms in total. The summed E-state index contributed by atoms with van der Waals surface area (Å²) in [6, 6.07) is 12.8. The van der Waals surface area contributed by atoms with Gasteiger partial charge in [0.25, 0.3) is 5.91 Å². The van der Waals surface area contributed by atoms with E-state index >= 15 is 0 Å². The molecule has 2 aromatic rings. The van der Waals surface area contributed by atoms with Crippen LogP contribution in [-0.4, -0.2) is 16.8 Å². The molecule has 0 saturated heterocycles. The summed E-state index contributed by atoms with van der Waals surface area (Å²) < 4.78 is 13.4. The highest BCUT2D eigenvalue weighted by Gasteiger charge is 2.35. The Balaban J connectivity index is 2.06. The molecule has 0 aromatic heterocycles. The molecule has 22 heavy (non-hydrogen) atoms. The number of hydrogen-bond donors (Lipinski definition) is 1. The number of nitriles is 1. The molecule has 1 aliphatic rings. The van der Waals surface area contributed by atoms with E-state index in [0.29, 0.717) is 16.8 Å². The second-order valence-electron chi connectivity index (χ2n) is 4.77. The van der Waals surface area contributed by atoms with Crippen molar-refractivity contribution < 1.29 is 14.4 Å². The number of nitrogens with zero attached hydrogens (tertiary/aromatic N) is 3. The first kappa shape index (κ1) is 13.8. The van der Waals surface area contributed by atoms with E-state index in [1.54, 1.807) is 24.3 Å². The number of amides is 1. The first-order chi connectivity index (χ1) is 10.7. The summed E-state index contributed by atoms with van der Waals surface area (Å²) in [7, 11) is 0. The van der Waals surface area contributed by atoms with E-state index in [2.05, 4.69) is 11.2 Å². The summed E-state index contributed by atoms with van der Waals surface area (Å²) in [5.74, 6) is -1.05. The van der Waals surface area contributed by atoms with Gasteiger partial charge in [0.1, 0.15) is 5.82 Å². The van der Waals surface area contributed by atoms with Gasteiger partial charge in [0.05, 0.1) is 23.9 Å². The van der Waals surface area contributed by atoms with Crippen LogP contribution in [0.3, 0.4) is 0 Å². The first-order valence-electron chi connectivity index (χ1n) is 6.47. The zero-order chi connectivity index (χ0) is 15.7. The second-order valence-corrected chi connectivity index (χ2v) is 4.77. The van der Waals surface area contributed by atoms with Crippen LogP contribution in [0.4, 0.5) is 10.1 Å². The van der Waals surface area contributed by atoms with Gasteiger partial charge in [-0.3, -0.25) is 4.79 Å². The summed E-state index contributed by atoms with van der Waals surface area (Å²) in [4.78, 5) is 13.7. The van der Waals surface area contributed by atoms with E-state index in [9.17, 15) is 9.18 Å². The molecular formula is C16H10FN3O2. The maximum absolute atomic E-state index is 13.4. The highest BCUT2D eigenvalue weighted by molar-refractivity contribution is 6.54. The van der Waals surface area contributed by atoms with Gasteiger partial charge in [0, 0.05) is 5.56 Å². The lowest BCUT2D eigenvalue weighted by Gasteiger charge is -2.17. The SMILES string of the molecule is N#Cc1ccccc1CN1C(=O)/C(=N\O)c2cc(F)ccc21. The number of carbonyl (C=O) groups is 1. The third-order valence-corrected chi connectivity index (χ3v) is 3.52. The van der Waals surface area contributed by atoms with Crippen LogP contribution in [0.25, 0.3) is 0 Å². The number of anilines is 1. The summed E-state index contributed by atoms with van der Waals surface area (Å²) >= 11 is 0. The van der Waals surface area contributed by atoms with E-state index in [0.717, 1.165) is 6.07 Å². The summed E-state index contributed by atoms with van der Waals surface area (Å²) in [5, 5.41) is 21.1. The molecule has 1 heterocycles. The molecular weight excluding hydrogens is 285 g/mol.